The van der Waals surface area contributed by atoms with Crippen LogP contribution < -0.4 is 5.63 Å². The van der Waals surface area contributed by atoms with Crippen LogP contribution in [0.5, 0.6) is 0 Å². The van der Waals surface area contributed by atoms with Crippen molar-refractivity contribution in [2.24, 2.45) is 0 Å². The average Bonchev–Trinajstić information content (AvgIpc) is 2.35. The average molecular weight is 256 g/mol. The Kier molecular flexibility index (Phi) is 3.89. The molecule has 0 atom stereocenters. The lowest BCUT2D eigenvalue weighted by molar-refractivity contribution is 0.560. The monoisotopic (exact) mass is 256 g/mol. The fourth-order valence-electron chi connectivity index (χ4n) is 2.21. The summed E-state index contributed by atoms with van der Waals surface area (Å²) in [5.41, 5.74) is 4.25. The van der Waals surface area contributed by atoms with Crippen molar-refractivity contribution in [3.05, 3.63) is 57.5 Å². The highest BCUT2D eigenvalue weighted by Gasteiger charge is 2.09. The van der Waals surface area contributed by atoms with Gasteiger partial charge in [-0.2, -0.15) is 0 Å². The van der Waals surface area contributed by atoms with Crippen LogP contribution in [-0.2, 0) is 6.42 Å². The molecule has 0 fully saturated rings. The predicted octanol–water partition coefficient (Wildman–Crippen LogP) is 4.43. The Labute approximate surface area is 113 Å². The van der Waals surface area contributed by atoms with Crippen molar-refractivity contribution in [1.29, 1.82) is 0 Å². The Morgan fingerprint density at radius 1 is 1.26 bits per heavy atom. The second kappa shape index (κ2) is 5.43. The van der Waals surface area contributed by atoms with Crippen LogP contribution in [0.25, 0.3) is 11.0 Å². The molecule has 2 nitrogen and oxygen atoms in total. The van der Waals surface area contributed by atoms with E-state index in [-0.39, 0.29) is 5.63 Å². The Balaban J connectivity index is 2.60. The molecule has 0 aliphatic rings. The lowest BCUT2D eigenvalue weighted by Gasteiger charge is -2.13. The van der Waals surface area contributed by atoms with E-state index >= 15 is 0 Å². The van der Waals surface area contributed by atoms with Gasteiger partial charge in [-0.05, 0) is 55.5 Å². The third-order valence-electron chi connectivity index (χ3n) is 3.23. The van der Waals surface area contributed by atoms with Crippen LogP contribution in [0, 0.1) is 0 Å². The summed E-state index contributed by atoms with van der Waals surface area (Å²) in [6.45, 7) is 8.53. The zero-order chi connectivity index (χ0) is 14.0. The van der Waals surface area contributed by atoms with Gasteiger partial charge in [-0.1, -0.05) is 25.5 Å². The van der Waals surface area contributed by atoms with Gasteiger partial charge in [-0.15, -0.1) is 0 Å². The minimum Gasteiger partial charge on any atom is -0.423 e. The summed E-state index contributed by atoms with van der Waals surface area (Å²) in [6, 6.07) is 7.45. The molecule has 2 aromatic rings. The van der Waals surface area contributed by atoms with Gasteiger partial charge < -0.3 is 4.42 Å². The molecule has 0 unspecified atom stereocenters. The van der Waals surface area contributed by atoms with Crippen LogP contribution in [0.3, 0.4) is 0 Å². The van der Waals surface area contributed by atoms with Gasteiger partial charge in [0.05, 0.1) is 0 Å². The summed E-state index contributed by atoms with van der Waals surface area (Å²) < 4.78 is 5.26. The summed E-state index contributed by atoms with van der Waals surface area (Å²) >= 11 is 0. The molecule has 0 saturated heterocycles. The molecule has 1 aromatic heterocycles. The van der Waals surface area contributed by atoms with E-state index in [4.69, 9.17) is 4.42 Å². The number of rotatable bonds is 3. The zero-order valence-corrected chi connectivity index (χ0v) is 12.0. The van der Waals surface area contributed by atoms with Gasteiger partial charge in [-0.25, -0.2) is 4.79 Å². The van der Waals surface area contributed by atoms with Gasteiger partial charge in [0.2, 0.25) is 0 Å². The highest BCUT2D eigenvalue weighted by atomic mass is 16.4. The first-order valence-electron chi connectivity index (χ1n) is 6.67. The lowest BCUT2D eigenvalue weighted by Crippen LogP contribution is -1.99. The van der Waals surface area contributed by atoms with Gasteiger partial charge in [-0.3, -0.25) is 0 Å². The van der Waals surface area contributed by atoms with Crippen molar-refractivity contribution in [1.82, 2.24) is 0 Å². The molecule has 0 N–H and O–H groups in total. The molecule has 0 amide bonds. The minimum atomic E-state index is -0.292. The lowest BCUT2D eigenvalue weighted by atomic mass is 9.93. The summed E-state index contributed by atoms with van der Waals surface area (Å²) in [6.07, 6.45) is 3.15. The quantitative estimate of drug-likeness (QED) is 0.601. The van der Waals surface area contributed by atoms with E-state index in [1.165, 1.54) is 22.8 Å². The first kappa shape index (κ1) is 13.6. The maximum Gasteiger partial charge on any atom is 0.336 e. The third-order valence-corrected chi connectivity index (χ3v) is 3.23. The van der Waals surface area contributed by atoms with Crippen LogP contribution in [0.1, 0.15) is 44.7 Å². The van der Waals surface area contributed by atoms with Gasteiger partial charge in [0.25, 0.3) is 0 Å². The Morgan fingerprint density at radius 2 is 2.00 bits per heavy atom. The van der Waals surface area contributed by atoms with Gasteiger partial charge in [0, 0.05) is 11.5 Å². The third kappa shape index (κ3) is 3.14. The molecule has 100 valence electrons. The number of hydrogen-bond donors (Lipinski definition) is 0. The molecule has 0 saturated carbocycles. The Hall–Kier alpha value is -1.83. The fourth-order valence-corrected chi connectivity index (χ4v) is 2.21. The van der Waals surface area contributed by atoms with Crippen molar-refractivity contribution >= 4 is 11.0 Å². The van der Waals surface area contributed by atoms with E-state index in [2.05, 4.69) is 39.8 Å². The second-order valence-electron chi connectivity index (χ2n) is 5.48. The van der Waals surface area contributed by atoms with Crippen molar-refractivity contribution in [2.45, 2.75) is 40.0 Å². The van der Waals surface area contributed by atoms with Gasteiger partial charge in [0.15, 0.2) is 0 Å². The minimum absolute atomic E-state index is 0.292. The maximum atomic E-state index is 11.3. The Morgan fingerprint density at radius 3 is 2.63 bits per heavy atom. The molecular formula is C17H20O2. The fraction of sp³-hybridized carbons (Fsp3) is 0.353. The SMILES string of the molecule is CC(C)=CCc1cc2ccc(=O)oc2cc1C(C)C. The van der Waals surface area contributed by atoms with E-state index in [1.54, 1.807) is 0 Å². The largest absolute Gasteiger partial charge is 0.423 e. The van der Waals surface area contributed by atoms with Crippen LogP contribution in [0.4, 0.5) is 0 Å². The Bertz CT molecular complexity index is 671. The number of benzene rings is 1. The van der Waals surface area contributed by atoms with E-state index in [0.29, 0.717) is 11.5 Å². The van der Waals surface area contributed by atoms with Crippen molar-refractivity contribution in [2.75, 3.05) is 0 Å². The first-order valence-corrected chi connectivity index (χ1v) is 6.67. The second-order valence-corrected chi connectivity index (χ2v) is 5.48. The van der Waals surface area contributed by atoms with Crippen molar-refractivity contribution in [3.63, 3.8) is 0 Å². The summed E-state index contributed by atoms with van der Waals surface area (Å²) in [5, 5.41) is 0.987. The van der Waals surface area contributed by atoms with E-state index < -0.39 is 0 Å². The molecule has 0 aliphatic carbocycles. The summed E-state index contributed by atoms with van der Waals surface area (Å²) in [5.74, 6) is 0.412. The highest BCUT2D eigenvalue weighted by molar-refractivity contribution is 5.78. The van der Waals surface area contributed by atoms with Crippen molar-refractivity contribution in [3.8, 4) is 0 Å². The van der Waals surface area contributed by atoms with Crippen LogP contribution in [0.2, 0.25) is 0 Å². The smallest absolute Gasteiger partial charge is 0.336 e. The number of fused-ring (bicyclic) bond motifs is 1. The van der Waals surface area contributed by atoms with E-state index in [1.807, 2.05) is 12.1 Å². The van der Waals surface area contributed by atoms with Crippen LogP contribution in [-0.4, -0.2) is 0 Å². The highest BCUT2D eigenvalue weighted by Crippen LogP contribution is 2.26. The number of allylic oxidation sites excluding steroid dienone is 2. The molecular weight excluding hydrogens is 236 g/mol. The van der Waals surface area contributed by atoms with Crippen LogP contribution >= 0.6 is 0 Å². The topological polar surface area (TPSA) is 30.2 Å². The normalized spacial score (nSPS) is 11.0. The molecule has 0 spiro atoms. The molecule has 0 aliphatic heterocycles. The molecule has 1 aromatic carbocycles. The summed E-state index contributed by atoms with van der Waals surface area (Å²) in [7, 11) is 0. The molecule has 1 heterocycles. The zero-order valence-electron chi connectivity index (χ0n) is 12.0. The van der Waals surface area contributed by atoms with Gasteiger partial charge in [0.1, 0.15) is 5.58 Å². The molecule has 2 heteroatoms. The molecule has 0 bridgehead atoms. The first-order chi connectivity index (χ1) is 8.97. The number of hydrogen-bond acceptors (Lipinski definition) is 2. The van der Waals surface area contributed by atoms with Crippen LogP contribution in [0.15, 0.2) is 45.1 Å². The molecule has 2 rings (SSSR count). The van der Waals surface area contributed by atoms with Gasteiger partial charge >= 0.3 is 5.63 Å². The maximum absolute atomic E-state index is 11.3. The standard InChI is InChI=1S/C17H20O2/c1-11(2)5-6-13-9-14-7-8-17(18)19-16(14)10-15(13)12(3)4/h5,7-10,12H,6H2,1-4H3. The summed E-state index contributed by atoms with van der Waals surface area (Å²) in [4.78, 5) is 11.3. The predicted molar refractivity (Wildman–Crippen MR) is 79.7 cm³/mol. The van der Waals surface area contributed by atoms with E-state index in [9.17, 15) is 4.79 Å². The molecule has 19 heavy (non-hydrogen) atoms. The van der Waals surface area contributed by atoms with E-state index in [0.717, 1.165) is 11.8 Å². The molecule has 0 radical (unpaired) electrons. The van der Waals surface area contributed by atoms with Crippen molar-refractivity contribution < 1.29 is 4.42 Å².